The van der Waals surface area contributed by atoms with Gasteiger partial charge in [0.25, 0.3) is 0 Å². The van der Waals surface area contributed by atoms with E-state index in [9.17, 15) is 22.0 Å². The van der Waals surface area contributed by atoms with Crippen molar-refractivity contribution in [1.82, 2.24) is 14.1 Å². The van der Waals surface area contributed by atoms with Gasteiger partial charge in [0.2, 0.25) is 10.0 Å². The number of nitrogens with zero attached hydrogens (tertiary/aromatic N) is 3. The Morgan fingerprint density at radius 2 is 1.59 bits per heavy atom. The van der Waals surface area contributed by atoms with Crippen LogP contribution in [0.3, 0.4) is 0 Å². The van der Waals surface area contributed by atoms with Crippen LogP contribution in [0, 0.1) is 24.5 Å². The fraction of sp³-hybridized carbons (Fsp3) is 0.333. The molecule has 1 saturated heterocycles. The minimum Gasteiger partial charge on any atom is -0.308 e. The molecule has 0 spiro atoms. The topological polar surface area (TPSA) is 96.3 Å². The number of rotatable bonds is 7. The van der Waals surface area contributed by atoms with Crippen molar-refractivity contribution in [3.63, 3.8) is 0 Å². The van der Waals surface area contributed by atoms with Crippen molar-refractivity contribution in [2.75, 3.05) is 23.7 Å². The average molecular weight is 622 g/mol. The Morgan fingerprint density at radius 1 is 0.932 bits per heavy atom. The van der Waals surface area contributed by atoms with Gasteiger partial charge < -0.3 is 5.32 Å². The number of halogens is 2. The Balaban J connectivity index is 1.18. The average Bonchev–Trinajstić information content (AvgIpc) is 3.39. The predicted molar refractivity (Wildman–Crippen MR) is 168 cm³/mol. The quantitative estimate of drug-likeness (QED) is 0.231. The van der Waals surface area contributed by atoms with Crippen LogP contribution < -0.4 is 10.6 Å². The number of urea groups is 1. The lowest BCUT2D eigenvalue weighted by Gasteiger charge is -2.31. The summed E-state index contributed by atoms with van der Waals surface area (Å²) in [5.74, 6) is -1.09. The van der Waals surface area contributed by atoms with E-state index >= 15 is 0 Å². The molecule has 5 rings (SSSR count). The van der Waals surface area contributed by atoms with Gasteiger partial charge in [-0.05, 0) is 74.1 Å². The number of carbonyl (C=O) groups excluding carboxylic acids is 1. The second-order valence-electron chi connectivity index (χ2n) is 12.3. The molecule has 1 fully saturated rings. The standard InChI is InChI=1S/C33H37F2N5O3S/c1-22-5-12-27(13-6-22)40-31(21-30(38-40)33(2,3)4)37-32(41)36-26-10-7-23(8-11-26)19-24-15-17-39(18-16-24)44(42,43)29-14-9-25(34)20-28(29)35/h5-14,20-21,24H,15-19H2,1-4H3,(H2,36,37,41). The van der Waals surface area contributed by atoms with Crippen molar-refractivity contribution in [1.29, 1.82) is 0 Å². The van der Waals surface area contributed by atoms with Gasteiger partial charge in [0, 0.05) is 36.3 Å². The van der Waals surface area contributed by atoms with E-state index in [1.807, 2.05) is 61.5 Å². The van der Waals surface area contributed by atoms with Gasteiger partial charge in [-0.2, -0.15) is 9.40 Å². The van der Waals surface area contributed by atoms with E-state index in [0.29, 0.717) is 30.4 Å². The van der Waals surface area contributed by atoms with E-state index in [-0.39, 0.29) is 24.4 Å². The van der Waals surface area contributed by atoms with Crippen molar-refractivity contribution >= 4 is 27.6 Å². The molecule has 1 aliphatic heterocycles. The lowest BCUT2D eigenvalue weighted by Crippen LogP contribution is -2.39. The van der Waals surface area contributed by atoms with Crippen LogP contribution in [0.5, 0.6) is 0 Å². The molecule has 2 heterocycles. The third-order valence-electron chi connectivity index (χ3n) is 7.82. The van der Waals surface area contributed by atoms with Crippen LogP contribution in [-0.2, 0) is 21.9 Å². The Hall–Kier alpha value is -4.09. The zero-order valence-electron chi connectivity index (χ0n) is 25.3. The number of aromatic nitrogens is 2. The normalized spacial score (nSPS) is 14.9. The number of anilines is 2. The van der Waals surface area contributed by atoms with Gasteiger partial charge in [-0.15, -0.1) is 0 Å². The number of sulfonamides is 1. The molecule has 0 radical (unpaired) electrons. The van der Waals surface area contributed by atoms with E-state index in [1.54, 1.807) is 4.68 Å². The molecule has 11 heteroatoms. The molecule has 3 aromatic carbocycles. The fourth-order valence-corrected chi connectivity index (χ4v) is 6.75. The first-order valence-electron chi connectivity index (χ1n) is 14.6. The summed E-state index contributed by atoms with van der Waals surface area (Å²) >= 11 is 0. The summed E-state index contributed by atoms with van der Waals surface area (Å²) in [4.78, 5) is 12.5. The first kappa shape index (κ1) is 31.3. The maximum atomic E-state index is 14.2. The molecule has 8 nitrogen and oxygen atoms in total. The second-order valence-corrected chi connectivity index (χ2v) is 14.2. The third-order valence-corrected chi connectivity index (χ3v) is 9.75. The lowest BCUT2D eigenvalue weighted by atomic mass is 9.91. The van der Waals surface area contributed by atoms with Gasteiger partial charge in [0.05, 0.1) is 11.4 Å². The number of hydrogen-bond donors (Lipinski definition) is 2. The SMILES string of the molecule is Cc1ccc(-n2nc(C(C)(C)C)cc2NC(=O)Nc2ccc(CC3CCN(S(=O)(=O)c4ccc(F)cc4F)CC3)cc2)cc1. The van der Waals surface area contributed by atoms with Crippen LogP contribution in [0.1, 0.15) is 50.4 Å². The van der Waals surface area contributed by atoms with Gasteiger partial charge in [-0.3, -0.25) is 5.32 Å². The van der Waals surface area contributed by atoms with Crippen molar-refractivity contribution in [2.45, 2.75) is 57.3 Å². The minimum absolute atomic E-state index is 0.204. The number of aryl methyl sites for hydroxylation is 1. The molecule has 1 aromatic heterocycles. The summed E-state index contributed by atoms with van der Waals surface area (Å²) in [7, 11) is -4.03. The molecule has 2 amide bonds. The molecule has 0 atom stereocenters. The number of nitrogens with one attached hydrogen (secondary N) is 2. The molecule has 232 valence electrons. The molecule has 0 saturated carbocycles. The second kappa shape index (κ2) is 12.5. The molecule has 44 heavy (non-hydrogen) atoms. The predicted octanol–water partition coefficient (Wildman–Crippen LogP) is 7.04. The van der Waals surface area contributed by atoms with E-state index in [2.05, 4.69) is 31.4 Å². The number of piperidine rings is 1. The Morgan fingerprint density at radius 3 is 2.20 bits per heavy atom. The molecule has 0 aliphatic carbocycles. The van der Waals surface area contributed by atoms with E-state index < -0.39 is 32.6 Å². The van der Waals surface area contributed by atoms with Gasteiger partial charge in [0.15, 0.2) is 0 Å². The number of hydrogen-bond acceptors (Lipinski definition) is 4. The number of carbonyl (C=O) groups is 1. The molecule has 1 aliphatic rings. The molecule has 0 bridgehead atoms. The maximum Gasteiger partial charge on any atom is 0.324 e. The Labute approximate surface area is 257 Å². The summed E-state index contributed by atoms with van der Waals surface area (Å²) < 4.78 is 56.2. The van der Waals surface area contributed by atoms with Crippen LogP contribution in [0.15, 0.2) is 77.7 Å². The Bertz CT molecular complexity index is 1740. The highest BCUT2D eigenvalue weighted by Gasteiger charge is 2.31. The van der Waals surface area contributed by atoms with Gasteiger partial charge in [-0.1, -0.05) is 50.6 Å². The summed E-state index contributed by atoms with van der Waals surface area (Å²) in [6, 6.07) is 19.5. The number of benzene rings is 3. The molecule has 4 aromatic rings. The van der Waals surface area contributed by atoms with E-state index in [1.165, 1.54) is 4.31 Å². The highest BCUT2D eigenvalue weighted by atomic mass is 32.2. The van der Waals surface area contributed by atoms with Crippen molar-refractivity contribution in [2.24, 2.45) is 5.92 Å². The summed E-state index contributed by atoms with van der Waals surface area (Å²) in [6.45, 7) is 8.75. The largest absolute Gasteiger partial charge is 0.324 e. The van der Waals surface area contributed by atoms with Gasteiger partial charge >= 0.3 is 6.03 Å². The van der Waals surface area contributed by atoms with Crippen LogP contribution >= 0.6 is 0 Å². The third kappa shape index (κ3) is 7.16. The summed E-state index contributed by atoms with van der Waals surface area (Å²) in [5, 5.41) is 10.6. The first-order chi connectivity index (χ1) is 20.8. The van der Waals surface area contributed by atoms with Crippen molar-refractivity contribution < 1.29 is 22.0 Å². The maximum absolute atomic E-state index is 14.2. The van der Waals surface area contributed by atoms with Crippen LogP contribution in [0.25, 0.3) is 5.69 Å². The van der Waals surface area contributed by atoms with Gasteiger partial charge in [0.1, 0.15) is 22.3 Å². The van der Waals surface area contributed by atoms with E-state index in [4.69, 9.17) is 5.10 Å². The minimum atomic E-state index is -4.03. The fourth-order valence-electron chi connectivity index (χ4n) is 5.23. The Kier molecular flexibility index (Phi) is 8.90. The molecule has 0 unspecified atom stereocenters. The number of amides is 2. The summed E-state index contributed by atoms with van der Waals surface area (Å²) in [5.41, 5.74) is 4.31. The monoisotopic (exact) mass is 621 g/mol. The summed E-state index contributed by atoms with van der Waals surface area (Å²) in [6.07, 6.45) is 1.99. The zero-order chi connectivity index (χ0) is 31.6. The van der Waals surface area contributed by atoms with Gasteiger partial charge in [-0.25, -0.2) is 26.7 Å². The molecular formula is C33H37F2N5O3S. The first-order valence-corrected chi connectivity index (χ1v) is 16.0. The van der Waals surface area contributed by atoms with E-state index in [0.717, 1.165) is 41.1 Å². The van der Waals surface area contributed by atoms with Crippen LogP contribution in [0.4, 0.5) is 25.1 Å². The highest BCUT2D eigenvalue weighted by Crippen LogP contribution is 2.29. The van der Waals surface area contributed by atoms with Crippen LogP contribution in [-0.4, -0.2) is 41.6 Å². The lowest BCUT2D eigenvalue weighted by molar-refractivity contribution is 0.262. The highest BCUT2D eigenvalue weighted by molar-refractivity contribution is 7.89. The molecular weight excluding hydrogens is 584 g/mol. The zero-order valence-corrected chi connectivity index (χ0v) is 26.1. The van der Waals surface area contributed by atoms with Crippen molar-refractivity contribution in [3.8, 4) is 5.69 Å². The molecule has 2 N–H and O–H groups in total. The van der Waals surface area contributed by atoms with Crippen LogP contribution in [0.2, 0.25) is 0 Å². The van der Waals surface area contributed by atoms with Crippen molar-refractivity contribution in [3.05, 3.63) is 101 Å². The smallest absolute Gasteiger partial charge is 0.308 e.